The van der Waals surface area contributed by atoms with Gasteiger partial charge in [0, 0.05) is 31.6 Å². The Morgan fingerprint density at radius 2 is 2.00 bits per heavy atom. The molecule has 2 rings (SSSR count). The summed E-state index contributed by atoms with van der Waals surface area (Å²) in [5.74, 6) is -0.0854. The maximum atomic E-state index is 12.5. The molecule has 0 aliphatic heterocycles. The first-order valence-corrected chi connectivity index (χ1v) is 9.22. The molecule has 25 heavy (non-hydrogen) atoms. The number of amides is 1. The van der Waals surface area contributed by atoms with Crippen LogP contribution in [0.15, 0.2) is 30.3 Å². The van der Waals surface area contributed by atoms with E-state index < -0.39 is 5.54 Å². The van der Waals surface area contributed by atoms with Crippen LogP contribution in [0.4, 0.5) is 0 Å². The van der Waals surface area contributed by atoms with Crippen molar-refractivity contribution in [2.75, 3.05) is 26.4 Å². The zero-order valence-electron chi connectivity index (χ0n) is 15.7. The molecule has 0 spiro atoms. The monoisotopic (exact) mass is 348 g/mol. The molecule has 5 nitrogen and oxygen atoms in total. The van der Waals surface area contributed by atoms with Crippen LogP contribution in [0.1, 0.15) is 39.2 Å². The van der Waals surface area contributed by atoms with Crippen molar-refractivity contribution < 1.29 is 14.3 Å². The minimum Gasteiger partial charge on any atom is -0.381 e. The Bertz CT molecular complexity index is 547. The fourth-order valence-electron chi connectivity index (χ4n) is 3.29. The quantitative estimate of drug-likeness (QED) is 0.636. The van der Waals surface area contributed by atoms with E-state index in [9.17, 15) is 4.79 Å². The Morgan fingerprint density at radius 1 is 1.28 bits per heavy atom. The van der Waals surface area contributed by atoms with E-state index in [1.54, 1.807) is 0 Å². The molecule has 0 heterocycles. The van der Waals surface area contributed by atoms with Crippen molar-refractivity contribution in [1.82, 2.24) is 5.32 Å². The Kier molecular flexibility index (Phi) is 6.99. The van der Waals surface area contributed by atoms with E-state index in [1.165, 1.54) is 5.56 Å². The molecule has 1 amide bonds. The van der Waals surface area contributed by atoms with Crippen molar-refractivity contribution in [3.63, 3.8) is 0 Å². The lowest BCUT2D eigenvalue weighted by Gasteiger charge is -2.57. The molecule has 3 N–H and O–H groups in total. The number of benzene rings is 1. The second kappa shape index (κ2) is 8.79. The maximum absolute atomic E-state index is 12.5. The molecule has 1 fully saturated rings. The molecule has 2 unspecified atom stereocenters. The molecule has 0 saturated heterocycles. The maximum Gasteiger partial charge on any atom is 0.240 e. The topological polar surface area (TPSA) is 73.6 Å². The fraction of sp³-hybridized carbons (Fsp3) is 0.650. The van der Waals surface area contributed by atoms with E-state index >= 15 is 0 Å². The third-order valence-electron chi connectivity index (χ3n) is 5.36. The summed E-state index contributed by atoms with van der Waals surface area (Å²) in [6.45, 7) is 8.53. The highest BCUT2D eigenvalue weighted by atomic mass is 16.5. The lowest BCUT2D eigenvalue weighted by Crippen LogP contribution is -2.75. The van der Waals surface area contributed by atoms with Crippen LogP contribution in [-0.2, 0) is 20.7 Å². The average molecular weight is 348 g/mol. The lowest BCUT2D eigenvalue weighted by atomic mass is 9.54. The first-order valence-electron chi connectivity index (χ1n) is 9.22. The van der Waals surface area contributed by atoms with E-state index in [4.69, 9.17) is 15.2 Å². The van der Waals surface area contributed by atoms with Gasteiger partial charge >= 0.3 is 0 Å². The number of carbonyl (C=O) groups excluding carboxylic acids is 1. The van der Waals surface area contributed by atoms with Crippen LogP contribution in [0.2, 0.25) is 0 Å². The number of nitrogens with two attached hydrogens (primary N) is 1. The summed E-state index contributed by atoms with van der Waals surface area (Å²) in [5.41, 5.74) is 6.43. The second-order valence-corrected chi connectivity index (χ2v) is 7.30. The van der Waals surface area contributed by atoms with Crippen LogP contribution in [0.5, 0.6) is 0 Å². The van der Waals surface area contributed by atoms with E-state index in [0.29, 0.717) is 32.8 Å². The number of nitrogens with one attached hydrogen (secondary N) is 1. The summed E-state index contributed by atoms with van der Waals surface area (Å²) in [6, 6.07) is 10.3. The van der Waals surface area contributed by atoms with Crippen molar-refractivity contribution >= 4 is 5.91 Å². The van der Waals surface area contributed by atoms with Gasteiger partial charge < -0.3 is 20.5 Å². The van der Waals surface area contributed by atoms with E-state index in [1.807, 2.05) is 39.0 Å². The van der Waals surface area contributed by atoms with Gasteiger partial charge in [0.25, 0.3) is 0 Å². The van der Waals surface area contributed by atoms with Crippen molar-refractivity contribution in [2.24, 2.45) is 11.1 Å². The van der Waals surface area contributed by atoms with Crippen molar-refractivity contribution in [2.45, 2.75) is 51.7 Å². The highest BCUT2D eigenvalue weighted by molar-refractivity contribution is 5.88. The van der Waals surface area contributed by atoms with Gasteiger partial charge in [0.2, 0.25) is 5.91 Å². The molecule has 5 heteroatoms. The molecular weight excluding hydrogens is 316 g/mol. The zero-order valence-corrected chi connectivity index (χ0v) is 15.7. The standard InChI is InChI=1S/C20H32N2O3/c1-4-25-17-15-20(21,19(17,2)3)18(23)22-12-8-13-24-14-11-16-9-6-5-7-10-16/h5-7,9-10,17H,4,8,11-15,21H2,1-3H3,(H,22,23). The van der Waals surface area contributed by atoms with Crippen molar-refractivity contribution in [3.05, 3.63) is 35.9 Å². The van der Waals surface area contributed by atoms with Gasteiger partial charge in [0.05, 0.1) is 12.7 Å². The van der Waals surface area contributed by atoms with Crippen molar-refractivity contribution in [1.29, 1.82) is 0 Å². The summed E-state index contributed by atoms with van der Waals surface area (Å²) in [6.07, 6.45) is 2.32. The predicted molar refractivity (Wildman–Crippen MR) is 99.3 cm³/mol. The second-order valence-electron chi connectivity index (χ2n) is 7.30. The summed E-state index contributed by atoms with van der Waals surface area (Å²) >= 11 is 0. The van der Waals surface area contributed by atoms with Crippen LogP contribution >= 0.6 is 0 Å². The minimum absolute atomic E-state index is 0.0505. The largest absolute Gasteiger partial charge is 0.381 e. The average Bonchev–Trinajstić information content (AvgIpc) is 2.61. The third-order valence-corrected chi connectivity index (χ3v) is 5.36. The molecule has 2 atom stereocenters. The lowest BCUT2D eigenvalue weighted by molar-refractivity contribution is -0.170. The molecular formula is C20H32N2O3. The fourth-order valence-corrected chi connectivity index (χ4v) is 3.29. The van der Waals surface area contributed by atoms with Gasteiger partial charge in [0.1, 0.15) is 5.54 Å². The van der Waals surface area contributed by atoms with Crippen molar-refractivity contribution in [3.8, 4) is 0 Å². The van der Waals surface area contributed by atoms with Crippen LogP contribution in [0, 0.1) is 5.41 Å². The molecule has 140 valence electrons. The summed E-state index contributed by atoms with van der Waals surface area (Å²) in [7, 11) is 0. The number of hydrogen-bond acceptors (Lipinski definition) is 4. The summed E-state index contributed by atoms with van der Waals surface area (Å²) in [5, 5.41) is 2.95. The van der Waals surface area contributed by atoms with Crippen LogP contribution < -0.4 is 11.1 Å². The van der Waals surface area contributed by atoms with E-state index in [2.05, 4.69) is 17.4 Å². The van der Waals surface area contributed by atoms with Gasteiger partial charge in [-0.05, 0) is 25.3 Å². The SMILES string of the molecule is CCOC1CC(N)(C(=O)NCCCOCCc2ccccc2)C1(C)C. The molecule has 0 radical (unpaired) electrons. The van der Waals surface area contributed by atoms with Gasteiger partial charge in [-0.1, -0.05) is 44.2 Å². The van der Waals surface area contributed by atoms with Crippen LogP contribution in [-0.4, -0.2) is 43.9 Å². The summed E-state index contributed by atoms with van der Waals surface area (Å²) in [4.78, 5) is 12.5. The summed E-state index contributed by atoms with van der Waals surface area (Å²) < 4.78 is 11.3. The number of ether oxygens (including phenoxy) is 2. The highest BCUT2D eigenvalue weighted by Gasteiger charge is 2.62. The zero-order chi connectivity index (χ0) is 18.3. The smallest absolute Gasteiger partial charge is 0.240 e. The van der Waals surface area contributed by atoms with Gasteiger partial charge in [-0.2, -0.15) is 0 Å². The Morgan fingerprint density at radius 3 is 2.64 bits per heavy atom. The Hall–Kier alpha value is -1.43. The van der Waals surface area contributed by atoms with Gasteiger partial charge in [0.15, 0.2) is 0 Å². The normalized spacial score (nSPS) is 24.6. The number of rotatable bonds is 10. The van der Waals surface area contributed by atoms with E-state index in [0.717, 1.165) is 12.8 Å². The highest BCUT2D eigenvalue weighted by Crippen LogP contribution is 2.49. The van der Waals surface area contributed by atoms with Gasteiger partial charge in [-0.15, -0.1) is 0 Å². The molecule has 1 aliphatic carbocycles. The van der Waals surface area contributed by atoms with E-state index in [-0.39, 0.29) is 17.4 Å². The van der Waals surface area contributed by atoms with Gasteiger partial charge in [-0.25, -0.2) is 0 Å². The molecule has 1 aliphatic rings. The minimum atomic E-state index is -0.846. The molecule has 1 saturated carbocycles. The first-order chi connectivity index (χ1) is 11.9. The Labute approximate surface area is 151 Å². The Balaban J connectivity index is 1.59. The molecule has 0 bridgehead atoms. The molecule has 1 aromatic rings. The predicted octanol–water partition coefficient (Wildman–Crippen LogP) is 2.28. The van der Waals surface area contributed by atoms with Crippen LogP contribution in [0.25, 0.3) is 0 Å². The van der Waals surface area contributed by atoms with Gasteiger partial charge in [-0.3, -0.25) is 4.79 Å². The van der Waals surface area contributed by atoms with Crippen LogP contribution in [0.3, 0.4) is 0 Å². The number of hydrogen-bond donors (Lipinski definition) is 2. The molecule has 1 aromatic carbocycles. The third kappa shape index (κ3) is 4.60. The molecule has 0 aromatic heterocycles. The first kappa shape index (κ1) is 19.9. The number of carbonyl (C=O) groups is 1.